The third-order valence-electron chi connectivity index (χ3n) is 3.18. The maximum absolute atomic E-state index is 13.1. The number of hydrogen-bond donors (Lipinski definition) is 3. The van der Waals surface area contributed by atoms with Crippen LogP contribution in [0.2, 0.25) is 0 Å². The summed E-state index contributed by atoms with van der Waals surface area (Å²) in [6.07, 6.45) is 0.768. The first-order valence-corrected chi connectivity index (χ1v) is 5.32. The molecule has 94 valence electrons. The second kappa shape index (κ2) is 4.42. The van der Waals surface area contributed by atoms with Crippen LogP contribution in [-0.4, -0.2) is 32.5 Å². The maximum atomic E-state index is 13.1. The second-order valence-corrected chi connectivity index (χ2v) is 4.28. The standard InChI is InChI=1S/C10H13FN2O4/c11-7-3-13(10(17)12-9(7)16)6-1-5(4-14)8(15)2-6/h3,5-6,8,14-15H,1-2,4H2,(H,12,16,17)/t5-,6-,8?/m1/s1. The van der Waals surface area contributed by atoms with Crippen molar-refractivity contribution < 1.29 is 14.6 Å². The van der Waals surface area contributed by atoms with E-state index in [4.69, 9.17) is 5.11 Å². The summed E-state index contributed by atoms with van der Waals surface area (Å²) >= 11 is 0. The number of aliphatic hydroxyl groups is 2. The summed E-state index contributed by atoms with van der Waals surface area (Å²) in [5.41, 5.74) is -1.75. The number of nitrogens with one attached hydrogen (secondary N) is 1. The largest absolute Gasteiger partial charge is 0.396 e. The third kappa shape index (κ3) is 2.16. The Morgan fingerprint density at radius 3 is 2.76 bits per heavy atom. The Balaban J connectivity index is 2.34. The van der Waals surface area contributed by atoms with E-state index < -0.39 is 29.2 Å². The number of aromatic nitrogens is 2. The molecule has 3 N–H and O–H groups in total. The van der Waals surface area contributed by atoms with E-state index in [9.17, 15) is 19.1 Å². The Labute approximate surface area is 95.3 Å². The zero-order valence-corrected chi connectivity index (χ0v) is 8.97. The minimum absolute atomic E-state index is 0.182. The molecule has 6 nitrogen and oxygen atoms in total. The van der Waals surface area contributed by atoms with Crippen molar-refractivity contribution in [2.24, 2.45) is 5.92 Å². The van der Waals surface area contributed by atoms with Gasteiger partial charge in [0.05, 0.1) is 12.3 Å². The van der Waals surface area contributed by atoms with Gasteiger partial charge in [0.15, 0.2) is 0 Å². The number of halogens is 1. The van der Waals surface area contributed by atoms with Gasteiger partial charge in [-0.1, -0.05) is 0 Å². The molecule has 1 aliphatic rings. The van der Waals surface area contributed by atoms with Crippen LogP contribution in [0.4, 0.5) is 4.39 Å². The minimum Gasteiger partial charge on any atom is -0.396 e. The summed E-state index contributed by atoms with van der Waals surface area (Å²) in [6.45, 7) is -0.182. The average molecular weight is 244 g/mol. The van der Waals surface area contributed by atoms with Gasteiger partial charge in [-0.25, -0.2) is 4.79 Å². The summed E-state index contributed by atoms with van der Waals surface area (Å²) in [5.74, 6) is -1.35. The van der Waals surface area contributed by atoms with Crippen LogP contribution >= 0.6 is 0 Å². The molecule has 1 aromatic rings. The van der Waals surface area contributed by atoms with E-state index >= 15 is 0 Å². The first kappa shape index (κ1) is 12.0. The van der Waals surface area contributed by atoms with Crippen LogP contribution in [0.25, 0.3) is 0 Å². The molecule has 1 saturated carbocycles. The van der Waals surface area contributed by atoms with Gasteiger partial charge in [0.2, 0.25) is 5.82 Å². The van der Waals surface area contributed by atoms with Crippen molar-refractivity contribution in [2.45, 2.75) is 25.0 Å². The summed E-state index contributed by atoms with van der Waals surface area (Å²) in [5, 5.41) is 18.6. The zero-order valence-electron chi connectivity index (χ0n) is 8.97. The fourth-order valence-corrected chi connectivity index (χ4v) is 2.23. The topological polar surface area (TPSA) is 95.3 Å². The van der Waals surface area contributed by atoms with Crippen LogP contribution in [-0.2, 0) is 0 Å². The van der Waals surface area contributed by atoms with E-state index in [0.29, 0.717) is 6.42 Å². The lowest BCUT2D eigenvalue weighted by atomic mass is 10.1. The van der Waals surface area contributed by atoms with E-state index in [2.05, 4.69) is 0 Å². The van der Waals surface area contributed by atoms with Gasteiger partial charge in [0, 0.05) is 18.6 Å². The smallest absolute Gasteiger partial charge is 0.328 e. The maximum Gasteiger partial charge on any atom is 0.328 e. The van der Waals surface area contributed by atoms with Crippen molar-refractivity contribution in [3.8, 4) is 0 Å². The van der Waals surface area contributed by atoms with Gasteiger partial charge >= 0.3 is 5.69 Å². The molecule has 2 rings (SSSR count). The van der Waals surface area contributed by atoms with Crippen LogP contribution < -0.4 is 11.2 Å². The van der Waals surface area contributed by atoms with Crippen molar-refractivity contribution in [2.75, 3.05) is 6.61 Å². The molecule has 1 aromatic heterocycles. The molecule has 1 aliphatic carbocycles. The highest BCUT2D eigenvalue weighted by molar-refractivity contribution is 4.94. The van der Waals surface area contributed by atoms with Crippen LogP contribution in [0, 0.1) is 11.7 Å². The molecule has 0 amide bonds. The predicted molar refractivity (Wildman–Crippen MR) is 56.1 cm³/mol. The lowest BCUT2D eigenvalue weighted by Crippen LogP contribution is -2.33. The molecule has 1 heterocycles. The fourth-order valence-electron chi connectivity index (χ4n) is 2.23. The molecule has 0 bridgehead atoms. The van der Waals surface area contributed by atoms with Crippen LogP contribution in [0.1, 0.15) is 18.9 Å². The summed E-state index contributed by atoms with van der Waals surface area (Å²) in [6, 6.07) is -0.402. The molecule has 0 aromatic carbocycles. The van der Waals surface area contributed by atoms with E-state index in [-0.39, 0.29) is 18.9 Å². The number of nitrogens with zero attached hydrogens (tertiary/aromatic N) is 1. The summed E-state index contributed by atoms with van der Waals surface area (Å²) in [4.78, 5) is 24.2. The van der Waals surface area contributed by atoms with Crippen LogP contribution in [0.15, 0.2) is 15.8 Å². The number of rotatable bonds is 2. The molecule has 3 atom stereocenters. The van der Waals surface area contributed by atoms with Crippen molar-refractivity contribution in [3.05, 3.63) is 32.9 Å². The van der Waals surface area contributed by atoms with E-state index in [1.165, 1.54) is 0 Å². The van der Waals surface area contributed by atoms with Crippen molar-refractivity contribution in [1.82, 2.24) is 9.55 Å². The highest BCUT2D eigenvalue weighted by atomic mass is 19.1. The second-order valence-electron chi connectivity index (χ2n) is 4.28. The number of hydrogen-bond acceptors (Lipinski definition) is 4. The molecule has 17 heavy (non-hydrogen) atoms. The molecule has 0 radical (unpaired) electrons. The zero-order chi connectivity index (χ0) is 12.6. The number of aromatic amines is 1. The summed E-state index contributed by atoms with van der Waals surface area (Å²) < 4.78 is 14.1. The first-order valence-electron chi connectivity index (χ1n) is 5.32. The Bertz CT molecular complexity index is 524. The van der Waals surface area contributed by atoms with Crippen molar-refractivity contribution in [3.63, 3.8) is 0 Å². The van der Waals surface area contributed by atoms with Gasteiger partial charge in [-0.3, -0.25) is 14.3 Å². The monoisotopic (exact) mass is 244 g/mol. The number of aliphatic hydroxyl groups excluding tert-OH is 2. The van der Waals surface area contributed by atoms with Gasteiger partial charge in [0.25, 0.3) is 5.56 Å². The highest BCUT2D eigenvalue weighted by Gasteiger charge is 2.34. The Morgan fingerprint density at radius 1 is 1.47 bits per heavy atom. The molecular weight excluding hydrogens is 231 g/mol. The first-order chi connectivity index (χ1) is 8.02. The van der Waals surface area contributed by atoms with Gasteiger partial charge in [-0.2, -0.15) is 4.39 Å². The Hall–Kier alpha value is -1.47. The third-order valence-corrected chi connectivity index (χ3v) is 3.18. The van der Waals surface area contributed by atoms with Gasteiger partial charge in [-0.05, 0) is 12.8 Å². The molecule has 0 spiro atoms. The SMILES string of the molecule is O=c1[nH]c(=O)n([C@H]2CC(O)[C@@H](CO)C2)cc1F. The van der Waals surface area contributed by atoms with Gasteiger partial charge < -0.3 is 10.2 Å². The number of H-pyrrole nitrogens is 1. The predicted octanol–water partition coefficient (Wildman–Crippen LogP) is -1.02. The van der Waals surface area contributed by atoms with Crippen molar-refractivity contribution >= 4 is 0 Å². The van der Waals surface area contributed by atoms with E-state index in [0.717, 1.165) is 10.8 Å². The molecule has 1 fully saturated rings. The normalized spacial score (nSPS) is 28.5. The van der Waals surface area contributed by atoms with Gasteiger partial charge in [-0.15, -0.1) is 0 Å². The minimum atomic E-state index is -1.05. The molecular formula is C10H13FN2O4. The average Bonchev–Trinajstić information content (AvgIpc) is 2.65. The molecule has 0 saturated heterocycles. The Morgan fingerprint density at radius 2 is 2.18 bits per heavy atom. The highest BCUT2D eigenvalue weighted by Crippen LogP contribution is 2.33. The van der Waals surface area contributed by atoms with E-state index in [1.54, 1.807) is 0 Å². The van der Waals surface area contributed by atoms with Crippen LogP contribution in [0.3, 0.4) is 0 Å². The van der Waals surface area contributed by atoms with Crippen LogP contribution in [0.5, 0.6) is 0 Å². The van der Waals surface area contributed by atoms with Gasteiger partial charge in [0.1, 0.15) is 0 Å². The molecule has 0 aliphatic heterocycles. The lowest BCUT2D eigenvalue weighted by Gasteiger charge is -2.12. The summed E-state index contributed by atoms with van der Waals surface area (Å²) in [7, 11) is 0. The Kier molecular flexibility index (Phi) is 3.12. The fraction of sp³-hybridized carbons (Fsp3) is 0.600. The molecule has 1 unspecified atom stereocenters. The van der Waals surface area contributed by atoms with Crippen molar-refractivity contribution in [1.29, 1.82) is 0 Å². The van der Waals surface area contributed by atoms with E-state index in [1.807, 2.05) is 4.98 Å². The quantitative estimate of drug-likeness (QED) is 0.620. The lowest BCUT2D eigenvalue weighted by molar-refractivity contribution is 0.0906. The molecule has 7 heteroatoms.